The van der Waals surface area contributed by atoms with Crippen LogP contribution in [0.4, 0.5) is 14.9 Å². The Hall–Kier alpha value is -1.62. The molecule has 2 atom stereocenters. The van der Waals surface area contributed by atoms with Gasteiger partial charge in [-0.1, -0.05) is 12.5 Å². The summed E-state index contributed by atoms with van der Waals surface area (Å²) in [5, 5.41) is 2.53. The number of ether oxygens (including phenoxy) is 1. The summed E-state index contributed by atoms with van der Waals surface area (Å²) in [6.07, 6.45) is 3.34. The predicted octanol–water partition coefficient (Wildman–Crippen LogP) is 2.89. The molecule has 5 heteroatoms. The monoisotopic (exact) mass is 266 g/mol. The number of nitrogens with one attached hydrogen (secondary N) is 1. The molecule has 0 aliphatic heterocycles. The van der Waals surface area contributed by atoms with Crippen molar-refractivity contribution in [1.82, 2.24) is 0 Å². The third kappa shape index (κ3) is 3.92. The number of nitrogens with two attached hydrogens (primary N) is 1. The summed E-state index contributed by atoms with van der Waals surface area (Å²) in [6.45, 7) is 0.526. The van der Waals surface area contributed by atoms with Crippen LogP contribution in [0.3, 0.4) is 0 Å². The van der Waals surface area contributed by atoms with Gasteiger partial charge in [0.1, 0.15) is 11.9 Å². The van der Waals surface area contributed by atoms with Gasteiger partial charge in [0.2, 0.25) is 0 Å². The van der Waals surface area contributed by atoms with Crippen LogP contribution in [0.5, 0.6) is 0 Å². The molecule has 4 nitrogen and oxygen atoms in total. The summed E-state index contributed by atoms with van der Waals surface area (Å²) in [5.74, 6) is -0.165. The molecule has 1 fully saturated rings. The molecule has 1 saturated carbocycles. The fourth-order valence-corrected chi connectivity index (χ4v) is 2.45. The Balaban J connectivity index is 1.90. The lowest BCUT2D eigenvalue weighted by atomic mass is 9.86. The van der Waals surface area contributed by atoms with Crippen LogP contribution in [0.25, 0.3) is 0 Å². The van der Waals surface area contributed by atoms with Gasteiger partial charge in [-0.3, -0.25) is 5.32 Å². The molecule has 1 amide bonds. The van der Waals surface area contributed by atoms with Gasteiger partial charge in [-0.2, -0.15) is 0 Å². The number of hydrogen-bond donors (Lipinski definition) is 2. The number of rotatable bonds is 3. The van der Waals surface area contributed by atoms with Crippen molar-refractivity contribution in [3.05, 3.63) is 30.1 Å². The van der Waals surface area contributed by atoms with E-state index in [1.165, 1.54) is 18.2 Å². The zero-order valence-electron chi connectivity index (χ0n) is 10.8. The van der Waals surface area contributed by atoms with Crippen LogP contribution in [0.1, 0.15) is 25.7 Å². The number of hydrogen-bond acceptors (Lipinski definition) is 3. The number of carbonyl (C=O) groups is 1. The molecule has 0 heterocycles. The standard InChI is InChI=1S/C14H19FN2O2/c15-11-5-3-6-12(8-11)17-14(18)19-13-7-2-1-4-10(13)9-16/h3,5-6,8,10,13H,1-2,4,7,9,16H2,(H,17,18). The number of carbonyl (C=O) groups excluding carboxylic acids is 1. The van der Waals surface area contributed by atoms with Gasteiger partial charge in [0, 0.05) is 11.6 Å². The second-order valence-electron chi connectivity index (χ2n) is 4.86. The number of amides is 1. The van der Waals surface area contributed by atoms with E-state index < -0.39 is 11.9 Å². The smallest absolute Gasteiger partial charge is 0.411 e. The largest absolute Gasteiger partial charge is 0.446 e. The van der Waals surface area contributed by atoms with Crippen molar-refractivity contribution in [2.24, 2.45) is 11.7 Å². The van der Waals surface area contributed by atoms with Crippen LogP contribution in [0, 0.1) is 11.7 Å². The lowest BCUT2D eigenvalue weighted by molar-refractivity contribution is 0.0489. The molecule has 0 saturated heterocycles. The number of halogens is 1. The van der Waals surface area contributed by atoms with Crippen molar-refractivity contribution < 1.29 is 13.9 Å². The van der Waals surface area contributed by atoms with E-state index in [4.69, 9.17) is 10.5 Å². The van der Waals surface area contributed by atoms with Gasteiger partial charge < -0.3 is 10.5 Å². The van der Waals surface area contributed by atoms with E-state index in [1.54, 1.807) is 6.07 Å². The summed E-state index contributed by atoms with van der Waals surface area (Å²) in [6, 6.07) is 5.73. The van der Waals surface area contributed by atoms with Crippen LogP contribution in [-0.2, 0) is 4.74 Å². The molecule has 1 aliphatic carbocycles. The highest BCUT2D eigenvalue weighted by Gasteiger charge is 2.27. The molecule has 3 N–H and O–H groups in total. The zero-order chi connectivity index (χ0) is 13.7. The Labute approximate surface area is 112 Å². The van der Waals surface area contributed by atoms with Crippen LogP contribution >= 0.6 is 0 Å². The summed E-state index contributed by atoms with van der Waals surface area (Å²) in [7, 11) is 0. The van der Waals surface area contributed by atoms with Crippen molar-refractivity contribution >= 4 is 11.8 Å². The van der Waals surface area contributed by atoms with Crippen LogP contribution in [0.15, 0.2) is 24.3 Å². The fourth-order valence-electron chi connectivity index (χ4n) is 2.45. The zero-order valence-corrected chi connectivity index (χ0v) is 10.8. The quantitative estimate of drug-likeness (QED) is 0.884. The lowest BCUT2D eigenvalue weighted by Crippen LogP contribution is -2.35. The molecule has 2 unspecified atom stereocenters. The summed E-state index contributed by atoms with van der Waals surface area (Å²) < 4.78 is 18.4. The Morgan fingerprint density at radius 2 is 2.21 bits per heavy atom. The molecule has 1 aromatic rings. The molecular weight excluding hydrogens is 247 g/mol. The molecule has 1 aromatic carbocycles. The minimum absolute atomic E-state index is 0.132. The van der Waals surface area contributed by atoms with Crippen LogP contribution < -0.4 is 11.1 Å². The highest BCUT2D eigenvalue weighted by Crippen LogP contribution is 2.26. The number of benzene rings is 1. The lowest BCUT2D eigenvalue weighted by Gasteiger charge is -2.30. The second kappa shape index (κ2) is 6.52. The van der Waals surface area contributed by atoms with Crippen LogP contribution in [-0.4, -0.2) is 18.7 Å². The minimum atomic E-state index is -0.545. The van der Waals surface area contributed by atoms with Gasteiger partial charge in [0.05, 0.1) is 0 Å². The third-order valence-corrected chi connectivity index (χ3v) is 3.47. The van der Waals surface area contributed by atoms with Crippen molar-refractivity contribution in [3.63, 3.8) is 0 Å². The first-order valence-electron chi connectivity index (χ1n) is 6.62. The molecule has 19 heavy (non-hydrogen) atoms. The first kappa shape index (κ1) is 13.8. The average molecular weight is 266 g/mol. The maximum atomic E-state index is 13.0. The van der Waals surface area contributed by atoms with E-state index in [-0.39, 0.29) is 12.0 Å². The second-order valence-corrected chi connectivity index (χ2v) is 4.86. The normalized spacial score (nSPS) is 22.8. The van der Waals surface area contributed by atoms with E-state index in [0.29, 0.717) is 12.2 Å². The molecular formula is C14H19FN2O2. The topological polar surface area (TPSA) is 64.3 Å². The first-order valence-corrected chi connectivity index (χ1v) is 6.62. The Bertz CT molecular complexity index is 439. The predicted molar refractivity (Wildman–Crippen MR) is 71.3 cm³/mol. The maximum absolute atomic E-state index is 13.0. The van der Waals surface area contributed by atoms with Gasteiger partial charge in [-0.15, -0.1) is 0 Å². The van der Waals surface area contributed by atoms with E-state index in [2.05, 4.69) is 5.32 Å². The van der Waals surface area contributed by atoms with Crippen molar-refractivity contribution in [2.45, 2.75) is 31.8 Å². The van der Waals surface area contributed by atoms with Gasteiger partial charge in [0.15, 0.2) is 0 Å². The van der Waals surface area contributed by atoms with Crippen molar-refractivity contribution in [2.75, 3.05) is 11.9 Å². The van der Waals surface area contributed by atoms with E-state index in [1.807, 2.05) is 0 Å². The molecule has 104 valence electrons. The van der Waals surface area contributed by atoms with E-state index in [0.717, 1.165) is 25.7 Å². The van der Waals surface area contributed by atoms with Gasteiger partial charge >= 0.3 is 6.09 Å². The van der Waals surface area contributed by atoms with Gasteiger partial charge in [-0.25, -0.2) is 9.18 Å². The fraction of sp³-hybridized carbons (Fsp3) is 0.500. The van der Waals surface area contributed by atoms with Crippen molar-refractivity contribution in [3.8, 4) is 0 Å². The molecule has 2 rings (SSSR count). The molecule has 1 aliphatic rings. The van der Waals surface area contributed by atoms with Crippen molar-refractivity contribution in [1.29, 1.82) is 0 Å². The average Bonchev–Trinajstić information content (AvgIpc) is 2.39. The van der Waals surface area contributed by atoms with E-state index >= 15 is 0 Å². The first-order chi connectivity index (χ1) is 9.19. The Morgan fingerprint density at radius 3 is 2.95 bits per heavy atom. The molecule has 0 bridgehead atoms. The highest BCUT2D eigenvalue weighted by molar-refractivity contribution is 5.84. The summed E-state index contributed by atoms with van der Waals surface area (Å²) in [4.78, 5) is 11.8. The number of anilines is 1. The van der Waals surface area contributed by atoms with E-state index in [9.17, 15) is 9.18 Å². The molecule has 0 spiro atoms. The molecule has 0 radical (unpaired) electrons. The van der Waals surface area contributed by atoms with Gasteiger partial charge in [-0.05, 0) is 44.0 Å². The SMILES string of the molecule is NCC1CCCCC1OC(=O)Nc1cccc(F)c1. The molecule has 0 aromatic heterocycles. The van der Waals surface area contributed by atoms with Gasteiger partial charge in [0.25, 0.3) is 0 Å². The summed E-state index contributed by atoms with van der Waals surface area (Å²) >= 11 is 0. The third-order valence-electron chi connectivity index (χ3n) is 3.47. The maximum Gasteiger partial charge on any atom is 0.411 e. The Kier molecular flexibility index (Phi) is 4.74. The Morgan fingerprint density at radius 1 is 1.42 bits per heavy atom. The minimum Gasteiger partial charge on any atom is -0.446 e. The highest BCUT2D eigenvalue weighted by atomic mass is 19.1. The summed E-state index contributed by atoms with van der Waals surface area (Å²) in [5.41, 5.74) is 6.07. The van der Waals surface area contributed by atoms with Crippen LogP contribution in [0.2, 0.25) is 0 Å².